The van der Waals surface area contributed by atoms with Gasteiger partial charge in [-0.05, 0) is 45.2 Å². The molecule has 1 atom stereocenters. The zero-order valence-electron chi connectivity index (χ0n) is 17.0. The second kappa shape index (κ2) is 8.77. The average Bonchev–Trinajstić information content (AvgIpc) is 3.18. The summed E-state index contributed by atoms with van der Waals surface area (Å²) >= 11 is 1.76. The number of piperidine rings is 1. The molecule has 3 heterocycles. The van der Waals surface area contributed by atoms with E-state index in [2.05, 4.69) is 36.0 Å². The molecule has 0 aliphatic carbocycles. The van der Waals surface area contributed by atoms with E-state index in [4.69, 9.17) is 0 Å². The number of H-pyrrole nitrogens is 1. The standard InChI is InChI=1S/C19H32N4O3S2/c1-15-5-4-6-22(13-15)19(2,3)14-21-18(24)17-11-16(12-20-17)28(25,26)23-7-9-27-10-8-23/h11-12,15,20H,4-10,13-14H2,1-3H3,(H,21,24). The van der Waals surface area contributed by atoms with E-state index >= 15 is 0 Å². The number of carbonyl (C=O) groups is 1. The third-order valence-corrected chi connectivity index (χ3v) is 8.52. The van der Waals surface area contributed by atoms with Crippen molar-refractivity contribution >= 4 is 27.7 Å². The molecule has 3 rings (SSSR count). The Labute approximate surface area is 172 Å². The van der Waals surface area contributed by atoms with Crippen molar-refractivity contribution in [3.8, 4) is 0 Å². The summed E-state index contributed by atoms with van der Waals surface area (Å²) in [6.07, 6.45) is 3.86. The van der Waals surface area contributed by atoms with Gasteiger partial charge in [0.25, 0.3) is 5.91 Å². The number of likely N-dealkylation sites (tertiary alicyclic amines) is 1. The highest BCUT2D eigenvalue weighted by Crippen LogP contribution is 2.24. The van der Waals surface area contributed by atoms with Crippen LogP contribution in [0.3, 0.4) is 0 Å². The molecule has 2 fully saturated rings. The molecule has 0 radical (unpaired) electrons. The minimum atomic E-state index is -3.54. The number of carbonyl (C=O) groups excluding carboxylic acids is 1. The van der Waals surface area contributed by atoms with Gasteiger partial charge in [-0.25, -0.2) is 8.42 Å². The zero-order chi connectivity index (χ0) is 20.4. The Kier molecular flexibility index (Phi) is 6.79. The van der Waals surface area contributed by atoms with Crippen LogP contribution in [0, 0.1) is 5.92 Å². The molecule has 1 unspecified atom stereocenters. The van der Waals surface area contributed by atoms with E-state index in [9.17, 15) is 13.2 Å². The molecule has 0 bridgehead atoms. The summed E-state index contributed by atoms with van der Waals surface area (Å²) in [5.41, 5.74) is 0.143. The first-order valence-corrected chi connectivity index (χ1v) is 12.6. The van der Waals surface area contributed by atoms with E-state index in [1.165, 1.54) is 29.4 Å². The summed E-state index contributed by atoms with van der Waals surface area (Å²) in [6.45, 7) is 10.2. The van der Waals surface area contributed by atoms with E-state index in [1.807, 2.05) is 0 Å². The summed E-state index contributed by atoms with van der Waals surface area (Å²) in [4.78, 5) is 18.0. The molecule has 0 spiro atoms. The fraction of sp³-hybridized carbons (Fsp3) is 0.737. The SMILES string of the molecule is CC1CCCN(C(C)(C)CNC(=O)c2cc(S(=O)(=O)N3CCSCC3)c[nH]2)C1. The number of amides is 1. The largest absolute Gasteiger partial charge is 0.356 e. The van der Waals surface area contributed by atoms with Gasteiger partial charge in [-0.2, -0.15) is 16.1 Å². The Morgan fingerprint density at radius 2 is 2.04 bits per heavy atom. The van der Waals surface area contributed by atoms with Crippen LogP contribution in [0.5, 0.6) is 0 Å². The molecular weight excluding hydrogens is 396 g/mol. The van der Waals surface area contributed by atoms with Crippen LogP contribution in [0.1, 0.15) is 44.1 Å². The van der Waals surface area contributed by atoms with Gasteiger partial charge in [0.2, 0.25) is 10.0 Å². The van der Waals surface area contributed by atoms with Crippen LogP contribution in [0.25, 0.3) is 0 Å². The Bertz CT molecular complexity index is 785. The number of aromatic nitrogens is 1. The number of aromatic amines is 1. The van der Waals surface area contributed by atoms with Crippen LogP contribution in [0.4, 0.5) is 0 Å². The van der Waals surface area contributed by atoms with Gasteiger partial charge in [-0.15, -0.1) is 0 Å². The predicted octanol–water partition coefficient (Wildman–Crippen LogP) is 1.99. The fourth-order valence-corrected chi connectivity index (χ4v) is 6.40. The topological polar surface area (TPSA) is 85.5 Å². The summed E-state index contributed by atoms with van der Waals surface area (Å²) in [7, 11) is -3.54. The normalized spacial score (nSPS) is 22.9. The van der Waals surface area contributed by atoms with Crippen molar-refractivity contribution in [1.82, 2.24) is 19.5 Å². The first-order valence-electron chi connectivity index (χ1n) is 10.00. The van der Waals surface area contributed by atoms with E-state index in [1.54, 1.807) is 11.8 Å². The molecule has 1 aromatic rings. The summed E-state index contributed by atoms with van der Waals surface area (Å²) in [5.74, 6) is 2.02. The molecule has 0 aromatic carbocycles. The van der Waals surface area contributed by atoms with Crippen molar-refractivity contribution in [3.63, 3.8) is 0 Å². The van der Waals surface area contributed by atoms with Gasteiger partial charge in [-0.1, -0.05) is 6.92 Å². The minimum Gasteiger partial charge on any atom is -0.356 e. The number of rotatable bonds is 6. The highest BCUT2D eigenvalue weighted by molar-refractivity contribution is 7.99. The first-order chi connectivity index (χ1) is 13.2. The number of thioether (sulfide) groups is 1. The van der Waals surface area contributed by atoms with Gasteiger partial charge < -0.3 is 10.3 Å². The van der Waals surface area contributed by atoms with Gasteiger partial charge in [0, 0.05) is 49.4 Å². The smallest absolute Gasteiger partial charge is 0.267 e. The Balaban J connectivity index is 1.61. The van der Waals surface area contributed by atoms with Crippen LogP contribution in [-0.4, -0.2) is 78.3 Å². The molecular formula is C19H32N4O3S2. The fourth-order valence-electron chi connectivity index (χ4n) is 3.83. The molecule has 2 saturated heterocycles. The molecule has 9 heteroatoms. The zero-order valence-corrected chi connectivity index (χ0v) is 18.7. The highest BCUT2D eigenvalue weighted by atomic mass is 32.2. The van der Waals surface area contributed by atoms with Gasteiger partial charge in [-0.3, -0.25) is 9.69 Å². The molecule has 1 aromatic heterocycles. The van der Waals surface area contributed by atoms with Crippen molar-refractivity contribution in [2.24, 2.45) is 5.92 Å². The lowest BCUT2D eigenvalue weighted by Gasteiger charge is -2.43. The van der Waals surface area contributed by atoms with Gasteiger partial charge in [0.05, 0.1) is 0 Å². The van der Waals surface area contributed by atoms with Crippen LogP contribution in [0.2, 0.25) is 0 Å². The second-order valence-corrected chi connectivity index (χ2v) is 11.6. The number of nitrogens with zero attached hydrogens (tertiary/aromatic N) is 2. The first kappa shape index (κ1) is 21.7. The quantitative estimate of drug-likeness (QED) is 0.724. The second-order valence-electron chi connectivity index (χ2n) is 8.45. The van der Waals surface area contributed by atoms with Gasteiger partial charge in [0.1, 0.15) is 10.6 Å². The third-order valence-electron chi connectivity index (χ3n) is 5.70. The Hall–Kier alpha value is -1.03. The highest BCUT2D eigenvalue weighted by Gasteiger charge is 2.31. The molecule has 2 N–H and O–H groups in total. The lowest BCUT2D eigenvalue weighted by molar-refractivity contribution is 0.0656. The maximum absolute atomic E-state index is 12.7. The summed E-state index contributed by atoms with van der Waals surface area (Å²) in [6, 6.07) is 1.45. The third kappa shape index (κ3) is 4.93. The minimum absolute atomic E-state index is 0.142. The number of hydrogen-bond donors (Lipinski definition) is 2. The van der Waals surface area contributed by atoms with Gasteiger partial charge >= 0.3 is 0 Å². The average molecular weight is 429 g/mol. The van der Waals surface area contributed by atoms with Crippen molar-refractivity contribution in [2.45, 2.75) is 44.0 Å². The predicted molar refractivity (Wildman–Crippen MR) is 113 cm³/mol. The Morgan fingerprint density at radius 1 is 1.32 bits per heavy atom. The lowest BCUT2D eigenvalue weighted by Crippen LogP contribution is -2.54. The van der Waals surface area contributed by atoms with E-state index in [0.29, 0.717) is 25.6 Å². The summed E-state index contributed by atoms with van der Waals surface area (Å²) in [5, 5.41) is 2.97. The molecule has 2 aliphatic heterocycles. The molecule has 0 saturated carbocycles. The molecule has 28 heavy (non-hydrogen) atoms. The van der Waals surface area contributed by atoms with Crippen LogP contribution >= 0.6 is 11.8 Å². The van der Waals surface area contributed by atoms with Crippen LogP contribution < -0.4 is 5.32 Å². The van der Waals surface area contributed by atoms with E-state index in [0.717, 1.165) is 24.6 Å². The van der Waals surface area contributed by atoms with E-state index in [-0.39, 0.29) is 22.0 Å². The van der Waals surface area contributed by atoms with Gasteiger partial charge in [0.15, 0.2) is 0 Å². The van der Waals surface area contributed by atoms with Crippen molar-refractivity contribution < 1.29 is 13.2 Å². The van der Waals surface area contributed by atoms with Crippen molar-refractivity contribution in [3.05, 3.63) is 18.0 Å². The molecule has 2 aliphatic rings. The lowest BCUT2D eigenvalue weighted by atomic mass is 9.93. The number of nitrogens with one attached hydrogen (secondary N) is 2. The van der Waals surface area contributed by atoms with Crippen LogP contribution in [0.15, 0.2) is 17.2 Å². The maximum Gasteiger partial charge on any atom is 0.267 e. The van der Waals surface area contributed by atoms with Crippen LogP contribution in [-0.2, 0) is 10.0 Å². The van der Waals surface area contributed by atoms with Crippen molar-refractivity contribution in [1.29, 1.82) is 0 Å². The number of sulfonamides is 1. The Morgan fingerprint density at radius 3 is 2.71 bits per heavy atom. The monoisotopic (exact) mass is 428 g/mol. The molecule has 1 amide bonds. The molecule has 158 valence electrons. The van der Waals surface area contributed by atoms with Crippen molar-refractivity contribution in [2.75, 3.05) is 44.2 Å². The summed E-state index contributed by atoms with van der Waals surface area (Å²) < 4.78 is 27.0. The van der Waals surface area contributed by atoms with E-state index < -0.39 is 10.0 Å². The molecule has 7 nitrogen and oxygen atoms in total. The maximum atomic E-state index is 12.7. The number of hydrogen-bond acceptors (Lipinski definition) is 5.